The monoisotopic (exact) mass is 301 g/mol. The summed E-state index contributed by atoms with van der Waals surface area (Å²) in [6.07, 6.45) is 3.82. The van der Waals surface area contributed by atoms with E-state index in [-0.39, 0.29) is 12.1 Å². The summed E-state index contributed by atoms with van der Waals surface area (Å²) >= 11 is 0. The maximum atomic E-state index is 13.1. The first-order chi connectivity index (χ1) is 10.6. The number of nitrogens with one attached hydrogen (secondary N) is 1. The number of hydrogen-bond donors (Lipinski definition) is 1. The third kappa shape index (κ3) is 3.21. The van der Waals surface area contributed by atoms with Crippen molar-refractivity contribution < 1.29 is 9.18 Å². The van der Waals surface area contributed by atoms with E-state index < -0.39 is 11.7 Å². The van der Waals surface area contributed by atoms with Crippen molar-refractivity contribution in [3.05, 3.63) is 57.8 Å². The fourth-order valence-electron chi connectivity index (χ4n) is 2.62. The van der Waals surface area contributed by atoms with Gasteiger partial charge in [-0.1, -0.05) is 6.07 Å². The standard InChI is InChI=1S/C16H16FN3O2/c17-12-5-3-6-13(9-12)18-15(21)10-20-16(22)8-11-4-1-2-7-14(11)19-20/h3,5-6,8-9H,1-2,4,7,10H2,(H,18,21). The van der Waals surface area contributed by atoms with Crippen molar-refractivity contribution in [2.45, 2.75) is 32.2 Å². The number of anilines is 1. The van der Waals surface area contributed by atoms with Gasteiger partial charge in [0.15, 0.2) is 0 Å². The molecule has 0 aliphatic heterocycles. The van der Waals surface area contributed by atoms with Crippen LogP contribution in [0.3, 0.4) is 0 Å². The molecular weight excluding hydrogens is 285 g/mol. The van der Waals surface area contributed by atoms with Crippen LogP contribution >= 0.6 is 0 Å². The van der Waals surface area contributed by atoms with Crippen LogP contribution in [0.4, 0.5) is 10.1 Å². The number of fused-ring (bicyclic) bond motifs is 1. The van der Waals surface area contributed by atoms with Crippen molar-refractivity contribution in [2.24, 2.45) is 0 Å². The van der Waals surface area contributed by atoms with Crippen molar-refractivity contribution in [1.82, 2.24) is 9.78 Å². The Morgan fingerprint density at radius 1 is 1.27 bits per heavy atom. The molecule has 114 valence electrons. The number of nitrogens with zero attached hydrogens (tertiary/aromatic N) is 2. The fraction of sp³-hybridized carbons (Fsp3) is 0.312. The summed E-state index contributed by atoms with van der Waals surface area (Å²) in [6.45, 7) is -0.178. The Labute approximate surface area is 126 Å². The van der Waals surface area contributed by atoms with Gasteiger partial charge in [-0.15, -0.1) is 0 Å². The van der Waals surface area contributed by atoms with E-state index in [0.717, 1.165) is 36.9 Å². The van der Waals surface area contributed by atoms with Gasteiger partial charge in [-0.3, -0.25) is 9.59 Å². The minimum atomic E-state index is -0.429. The highest BCUT2D eigenvalue weighted by atomic mass is 19.1. The van der Waals surface area contributed by atoms with Gasteiger partial charge < -0.3 is 5.32 Å². The molecule has 2 aromatic rings. The van der Waals surface area contributed by atoms with E-state index in [9.17, 15) is 14.0 Å². The normalized spacial score (nSPS) is 13.5. The smallest absolute Gasteiger partial charge is 0.267 e. The molecule has 1 amide bonds. The zero-order valence-electron chi connectivity index (χ0n) is 12.0. The SMILES string of the molecule is O=C(Cn1nc2c(cc1=O)CCCC2)Nc1cccc(F)c1. The number of halogens is 1. The van der Waals surface area contributed by atoms with Crippen LogP contribution in [0, 0.1) is 5.82 Å². The fourth-order valence-corrected chi connectivity index (χ4v) is 2.62. The van der Waals surface area contributed by atoms with Gasteiger partial charge in [-0.05, 0) is 49.4 Å². The Kier molecular flexibility index (Phi) is 4.00. The number of hydrogen-bond acceptors (Lipinski definition) is 3. The topological polar surface area (TPSA) is 64.0 Å². The molecule has 0 radical (unpaired) electrons. The van der Waals surface area contributed by atoms with Crippen molar-refractivity contribution in [1.29, 1.82) is 0 Å². The van der Waals surface area contributed by atoms with Crippen LogP contribution in [0.15, 0.2) is 35.1 Å². The predicted octanol–water partition coefficient (Wildman–Crippen LogP) is 1.90. The minimum absolute atomic E-state index is 0.178. The molecule has 3 rings (SSSR count). The van der Waals surface area contributed by atoms with Gasteiger partial charge in [-0.2, -0.15) is 5.10 Å². The van der Waals surface area contributed by atoms with Gasteiger partial charge in [0.2, 0.25) is 5.91 Å². The number of benzene rings is 1. The van der Waals surface area contributed by atoms with Crippen molar-refractivity contribution >= 4 is 11.6 Å². The van der Waals surface area contributed by atoms with Crippen molar-refractivity contribution in [2.75, 3.05) is 5.32 Å². The Bertz CT molecular complexity index is 770. The first-order valence-electron chi connectivity index (χ1n) is 7.27. The highest BCUT2D eigenvalue weighted by Gasteiger charge is 2.14. The molecule has 0 bridgehead atoms. The quantitative estimate of drug-likeness (QED) is 0.941. The number of carbonyl (C=O) groups excluding carboxylic acids is 1. The maximum absolute atomic E-state index is 13.1. The molecule has 0 saturated carbocycles. The van der Waals surface area contributed by atoms with Gasteiger partial charge in [-0.25, -0.2) is 9.07 Å². The molecule has 0 saturated heterocycles. The number of aryl methyl sites for hydroxylation is 2. The molecule has 1 heterocycles. The molecule has 0 spiro atoms. The summed E-state index contributed by atoms with van der Waals surface area (Å²) in [5, 5.41) is 6.84. The predicted molar refractivity (Wildman–Crippen MR) is 80.2 cm³/mol. The molecule has 1 aromatic carbocycles. The summed E-state index contributed by atoms with van der Waals surface area (Å²) < 4.78 is 14.2. The highest BCUT2D eigenvalue weighted by molar-refractivity contribution is 5.90. The van der Waals surface area contributed by atoms with Gasteiger partial charge in [0.25, 0.3) is 5.56 Å². The molecule has 0 unspecified atom stereocenters. The summed E-state index contributed by atoms with van der Waals surface area (Å²) in [4.78, 5) is 24.0. The molecule has 0 atom stereocenters. The van der Waals surface area contributed by atoms with Crippen molar-refractivity contribution in [3.63, 3.8) is 0 Å². The lowest BCUT2D eigenvalue weighted by atomic mass is 9.97. The summed E-state index contributed by atoms with van der Waals surface area (Å²) in [6, 6.07) is 7.18. The van der Waals surface area contributed by atoms with E-state index >= 15 is 0 Å². The maximum Gasteiger partial charge on any atom is 0.267 e. The lowest BCUT2D eigenvalue weighted by Crippen LogP contribution is -2.31. The van der Waals surface area contributed by atoms with E-state index in [1.807, 2.05) is 0 Å². The summed E-state index contributed by atoms with van der Waals surface area (Å²) in [5.74, 6) is -0.835. The lowest BCUT2D eigenvalue weighted by Gasteiger charge is -2.15. The molecule has 1 aliphatic rings. The highest BCUT2D eigenvalue weighted by Crippen LogP contribution is 2.16. The van der Waals surface area contributed by atoms with Gasteiger partial charge in [0.05, 0.1) is 5.69 Å². The Hall–Kier alpha value is -2.50. The molecule has 6 heteroatoms. The average molecular weight is 301 g/mol. The molecule has 5 nitrogen and oxygen atoms in total. The van der Waals surface area contributed by atoms with E-state index in [2.05, 4.69) is 10.4 Å². The molecule has 1 N–H and O–H groups in total. The van der Waals surface area contributed by atoms with Crippen LogP contribution in [0.1, 0.15) is 24.1 Å². The molecule has 0 fully saturated rings. The third-order valence-corrected chi connectivity index (χ3v) is 3.68. The number of amides is 1. The van der Waals surface area contributed by atoms with Crippen LogP contribution in [0.5, 0.6) is 0 Å². The third-order valence-electron chi connectivity index (χ3n) is 3.68. The average Bonchev–Trinajstić information content (AvgIpc) is 2.48. The van der Waals surface area contributed by atoms with E-state index in [1.165, 1.54) is 22.9 Å². The molecule has 22 heavy (non-hydrogen) atoms. The van der Waals surface area contributed by atoms with Gasteiger partial charge in [0, 0.05) is 11.8 Å². The second-order valence-electron chi connectivity index (χ2n) is 5.38. The second kappa shape index (κ2) is 6.09. The lowest BCUT2D eigenvalue weighted by molar-refractivity contribution is -0.117. The zero-order chi connectivity index (χ0) is 15.5. The Morgan fingerprint density at radius 3 is 2.91 bits per heavy atom. The minimum Gasteiger partial charge on any atom is -0.324 e. The zero-order valence-corrected chi connectivity index (χ0v) is 12.0. The molecular formula is C16H16FN3O2. The number of rotatable bonds is 3. The van der Waals surface area contributed by atoms with Crippen LogP contribution in [0.25, 0.3) is 0 Å². The van der Waals surface area contributed by atoms with E-state index in [0.29, 0.717) is 5.69 Å². The molecule has 1 aliphatic carbocycles. The largest absolute Gasteiger partial charge is 0.324 e. The van der Waals surface area contributed by atoms with Crippen LogP contribution < -0.4 is 10.9 Å². The van der Waals surface area contributed by atoms with Crippen LogP contribution in [-0.4, -0.2) is 15.7 Å². The van der Waals surface area contributed by atoms with Gasteiger partial charge in [0.1, 0.15) is 12.4 Å². The first kappa shape index (κ1) is 14.4. The second-order valence-corrected chi connectivity index (χ2v) is 5.38. The Balaban J connectivity index is 1.75. The van der Waals surface area contributed by atoms with E-state index in [4.69, 9.17) is 0 Å². The summed E-state index contributed by atoms with van der Waals surface area (Å²) in [5.41, 5.74) is 1.95. The number of aromatic nitrogens is 2. The van der Waals surface area contributed by atoms with Gasteiger partial charge >= 0.3 is 0 Å². The molecule has 1 aromatic heterocycles. The van der Waals surface area contributed by atoms with Crippen LogP contribution in [0.2, 0.25) is 0 Å². The summed E-state index contributed by atoms with van der Waals surface area (Å²) in [7, 11) is 0. The van der Waals surface area contributed by atoms with E-state index in [1.54, 1.807) is 12.1 Å². The van der Waals surface area contributed by atoms with Crippen molar-refractivity contribution in [3.8, 4) is 0 Å². The first-order valence-corrected chi connectivity index (χ1v) is 7.27. The number of carbonyl (C=O) groups is 1. The van der Waals surface area contributed by atoms with Crippen LogP contribution in [-0.2, 0) is 24.2 Å². The Morgan fingerprint density at radius 2 is 2.09 bits per heavy atom.